The highest BCUT2D eigenvalue weighted by atomic mass is 32.1. The van der Waals surface area contributed by atoms with Crippen LogP contribution in [0.15, 0.2) is 138 Å². The maximum Gasteiger partial charge on any atom is 0.236 e. The van der Waals surface area contributed by atoms with Gasteiger partial charge in [-0.15, -0.1) is 11.3 Å². The molecule has 0 spiro atoms. The van der Waals surface area contributed by atoms with E-state index in [0.717, 1.165) is 55.3 Å². The standard InChI is InChI=1S/C41H22N2OS/c1-3-11-25(12-4-1)32-24-36-38(31-17-9-10-18-35(31)45-36)39-40(32)44-41(42-39)27-19-21-30-34(23-27)43(28-14-5-2-6-15-28)33-22-20-26-13-7-8-16-29(26)37(30)33/h1-18,20,22-24H. The van der Waals surface area contributed by atoms with Gasteiger partial charge in [0, 0.05) is 36.8 Å². The summed E-state index contributed by atoms with van der Waals surface area (Å²) in [4.78, 5) is 5.21. The van der Waals surface area contributed by atoms with Crippen LogP contribution in [0.1, 0.15) is 0 Å². The van der Waals surface area contributed by atoms with Gasteiger partial charge >= 0.3 is 0 Å². The minimum absolute atomic E-state index is 0.540. The van der Waals surface area contributed by atoms with Gasteiger partial charge in [-0.2, -0.15) is 0 Å². The molecule has 0 saturated carbocycles. The van der Waals surface area contributed by atoms with Crippen LogP contribution >= 0.6 is 11.3 Å². The number of fused-ring (bicyclic) bond motifs is 10. The summed E-state index contributed by atoms with van der Waals surface area (Å²) in [7, 11) is 0. The lowest BCUT2D eigenvalue weighted by Gasteiger charge is -2.08. The molecule has 0 unspecified atom stereocenters. The third kappa shape index (κ3) is 3.56. The van der Waals surface area contributed by atoms with Crippen LogP contribution in [-0.2, 0) is 0 Å². The normalized spacial score (nSPS) is 11.8. The van der Waals surface area contributed by atoms with Crippen molar-refractivity contribution < 1.29 is 4.42 Å². The Morgan fingerprint density at radius 3 is 2.24 bits per heavy atom. The summed E-state index contributed by atoms with van der Waals surface area (Å²) in [6.07, 6.45) is 0. The Morgan fingerprint density at radius 1 is 0.622 bits per heavy atom. The van der Waals surface area contributed by atoms with E-state index in [9.17, 15) is 0 Å². The molecule has 3 heterocycles. The van der Waals surface area contributed by atoms with Crippen molar-refractivity contribution in [2.45, 2.75) is 0 Å². The average molecular weight is 591 g/mol. The molecule has 0 atom stereocenters. The van der Waals surface area contributed by atoms with Gasteiger partial charge < -0.3 is 8.98 Å². The van der Waals surface area contributed by atoms with Gasteiger partial charge in [-0.25, -0.2) is 4.98 Å². The maximum atomic E-state index is 6.74. The Morgan fingerprint density at radius 2 is 1.38 bits per heavy atom. The van der Waals surface area contributed by atoms with Crippen molar-refractivity contribution in [2.24, 2.45) is 0 Å². The second kappa shape index (κ2) is 9.30. The number of para-hydroxylation sites is 1. The topological polar surface area (TPSA) is 31.0 Å². The number of hydrogen-bond donors (Lipinski definition) is 0. The van der Waals surface area contributed by atoms with Crippen LogP contribution in [0.3, 0.4) is 0 Å². The van der Waals surface area contributed by atoms with Crippen LogP contribution in [0.25, 0.3) is 92.1 Å². The summed E-state index contributed by atoms with van der Waals surface area (Å²) >= 11 is 1.80. The molecule has 0 aliphatic carbocycles. The Hall–Kier alpha value is -5.89. The molecule has 0 amide bonds. The van der Waals surface area contributed by atoms with Gasteiger partial charge in [-0.05, 0) is 52.7 Å². The molecule has 0 bridgehead atoms. The van der Waals surface area contributed by atoms with E-state index < -0.39 is 0 Å². The Balaban J connectivity index is 1.29. The third-order valence-electron chi connectivity index (χ3n) is 8.83. The summed E-state index contributed by atoms with van der Waals surface area (Å²) in [6, 6.07) is 53.8. The molecular formula is C41H22N2OS. The van der Waals surface area contributed by atoms with E-state index in [1.807, 2.05) is 6.07 Å². The fraction of sp³-hybridized carbons (Fsp3) is 0. The first-order valence-electron chi connectivity index (χ1n) is 15.0. The molecule has 0 aliphatic heterocycles. The van der Waals surface area contributed by atoms with Crippen LogP contribution < -0.4 is 0 Å². The first-order valence-corrected chi connectivity index (χ1v) is 15.8. The predicted molar refractivity (Wildman–Crippen MR) is 187 cm³/mol. The van der Waals surface area contributed by atoms with E-state index in [1.165, 1.54) is 30.9 Å². The second-order valence-electron chi connectivity index (χ2n) is 11.4. The highest BCUT2D eigenvalue weighted by Gasteiger charge is 2.21. The molecule has 3 aromatic heterocycles. The summed E-state index contributed by atoms with van der Waals surface area (Å²) in [5.41, 5.74) is 7.84. The van der Waals surface area contributed by atoms with Crippen molar-refractivity contribution in [3.8, 4) is 28.3 Å². The molecular weight excluding hydrogens is 569 g/mol. The zero-order valence-electron chi connectivity index (χ0n) is 23.9. The molecule has 0 N–H and O–H groups in total. The first kappa shape index (κ1) is 24.5. The lowest BCUT2D eigenvalue weighted by Crippen LogP contribution is -1.93. The number of hydrogen-bond acceptors (Lipinski definition) is 3. The van der Waals surface area contributed by atoms with Crippen LogP contribution in [0.5, 0.6) is 0 Å². The molecule has 208 valence electrons. The largest absolute Gasteiger partial charge is 0.435 e. The molecule has 4 heteroatoms. The van der Waals surface area contributed by atoms with Crippen molar-refractivity contribution in [3.63, 3.8) is 0 Å². The Labute approximate surface area is 262 Å². The fourth-order valence-electron chi connectivity index (χ4n) is 6.84. The van der Waals surface area contributed by atoms with Crippen LogP contribution in [-0.4, -0.2) is 9.55 Å². The summed E-state index contributed by atoms with van der Waals surface area (Å²) in [5, 5.41) is 6.94. The van der Waals surface area contributed by atoms with Crippen molar-refractivity contribution in [3.05, 3.63) is 146 Å². The number of nitrogens with zero attached hydrogens (tertiary/aromatic N) is 2. The van der Waals surface area contributed by atoms with Crippen molar-refractivity contribution in [2.75, 3.05) is 0 Å². The Kier molecular flexibility index (Phi) is 5.07. The minimum atomic E-state index is 0.540. The average Bonchev–Trinajstić information content (AvgIpc) is 3.80. The molecule has 0 radical (unpaired) electrons. The van der Waals surface area contributed by atoms with E-state index >= 15 is 0 Å². The number of thiophene rings is 1. The molecule has 10 aromatic rings. The maximum absolute atomic E-state index is 6.74. The summed E-state index contributed by atoms with van der Waals surface area (Å²) < 4.78 is 11.5. The number of rotatable bonds is 3. The highest BCUT2D eigenvalue weighted by molar-refractivity contribution is 7.26. The molecule has 0 aliphatic rings. The van der Waals surface area contributed by atoms with Gasteiger partial charge in [-0.1, -0.05) is 109 Å². The molecule has 3 nitrogen and oxygen atoms in total. The second-order valence-corrected chi connectivity index (χ2v) is 12.5. The minimum Gasteiger partial charge on any atom is -0.435 e. The summed E-state index contributed by atoms with van der Waals surface area (Å²) in [5.74, 6) is 0.540. The number of benzene rings is 6. The van der Waals surface area contributed by atoms with E-state index in [0.29, 0.717) is 5.89 Å². The zero-order valence-corrected chi connectivity index (χ0v) is 24.7. The number of oxazole rings is 1. The van der Waals surface area contributed by atoms with Crippen LogP contribution in [0, 0.1) is 12.1 Å². The van der Waals surface area contributed by atoms with E-state index in [2.05, 4.69) is 144 Å². The first-order chi connectivity index (χ1) is 22.3. The highest BCUT2D eigenvalue weighted by Crippen LogP contribution is 2.44. The van der Waals surface area contributed by atoms with Gasteiger partial charge in [0.05, 0.1) is 22.0 Å². The van der Waals surface area contributed by atoms with Gasteiger partial charge in [0.15, 0.2) is 5.58 Å². The zero-order chi connectivity index (χ0) is 29.5. The lowest BCUT2D eigenvalue weighted by atomic mass is 10.0. The molecule has 0 fully saturated rings. The molecule has 45 heavy (non-hydrogen) atoms. The van der Waals surface area contributed by atoms with Crippen molar-refractivity contribution in [1.29, 1.82) is 0 Å². The fourth-order valence-corrected chi connectivity index (χ4v) is 7.99. The predicted octanol–water partition coefficient (Wildman–Crippen LogP) is 11.4. The van der Waals surface area contributed by atoms with Crippen LogP contribution in [0.2, 0.25) is 0 Å². The Bertz CT molecular complexity index is 2750. The van der Waals surface area contributed by atoms with E-state index in [-0.39, 0.29) is 0 Å². The van der Waals surface area contributed by atoms with Crippen LogP contribution in [0.4, 0.5) is 0 Å². The van der Waals surface area contributed by atoms with Crippen molar-refractivity contribution >= 4 is 75.2 Å². The van der Waals surface area contributed by atoms with Gasteiger partial charge in [0.2, 0.25) is 5.89 Å². The quantitative estimate of drug-likeness (QED) is 0.205. The monoisotopic (exact) mass is 590 g/mol. The lowest BCUT2D eigenvalue weighted by molar-refractivity contribution is 0.621. The van der Waals surface area contributed by atoms with Gasteiger partial charge in [-0.3, -0.25) is 0 Å². The third-order valence-corrected chi connectivity index (χ3v) is 9.95. The summed E-state index contributed by atoms with van der Waals surface area (Å²) in [6.45, 7) is 0. The van der Waals surface area contributed by atoms with Crippen molar-refractivity contribution in [1.82, 2.24) is 9.55 Å². The van der Waals surface area contributed by atoms with E-state index in [1.54, 1.807) is 11.3 Å². The molecule has 7 aromatic carbocycles. The SMILES string of the molecule is c1c(-c2nc3c(o2)c(-c2ccccc2)cc2sc4ccccc4c23)cc2c(c#1)c1c3ccccc3ccc1n2-c1ccccc1. The van der Waals surface area contributed by atoms with Gasteiger partial charge in [0.25, 0.3) is 0 Å². The molecule has 0 saturated heterocycles. The smallest absolute Gasteiger partial charge is 0.236 e. The molecule has 10 rings (SSSR count). The number of aromatic nitrogens is 2. The van der Waals surface area contributed by atoms with Gasteiger partial charge in [0.1, 0.15) is 5.52 Å². The van der Waals surface area contributed by atoms with E-state index in [4.69, 9.17) is 9.40 Å².